The van der Waals surface area contributed by atoms with Crippen LogP contribution in [0.4, 0.5) is 20.2 Å². The van der Waals surface area contributed by atoms with Crippen molar-refractivity contribution in [2.24, 2.45) is 0 Å². The molecule has 0 heterocycles. The van der Waals surface area contributed by atoms with Gasteiger partial charge >= 0.3 is 0 Å². The fourth-order valence-corrected chi connectivity index (χ4v) is 2.58. The largest absolute Gasteiger partial charge is 0.322 e. The Bertz CT molecular complexity index is 804. The molecule has 0 saturated heterocycles. The van der Waals surface area contributed by atoms with E-state index in [4.69, 9.17) is 0 Å². The molecular weight excluding hydrogens is 340 g/mol. The number of amides is 2. The molecule has 7 heteroatoms. The van der Waals surface area contributed by atoms with Gasteiger partial charge < -0.3 is 15.5 Å². The quantitative estimate of drug-likeness (QED) is 0.732. The number of rotatable bonds is 6. The van der Waals surface area contributed by atoms with E-state index < -0.39 is 17.5 Å². The third-order valence-electron chi connectivity index (χ3n) is 3.87. The average molecular weight is 362 g/mol. The Morgan fingerprint density at radius 1 is 0.923 bits per heavy atom. The van der Waals surface area contributed by atoms with Gasteiger partial charge in [-0.1, -0.05) is 18.2 Å². The first-order valence-electron chi connectivity index (χ1n) is 8.18. The molecule has 0 aromatic heterocycles. The molecule has 0 bridgehead atoms. The van der Waals surface area contributed by atoms with E-state index in [1.54, 1.807) is 7.05 Å². The van der Waals surface area contributed by atoms with Gasteiger partial charge in [0.15, 0.2) is 24.7 Å². The second-order valence-electron chi connectivity index (χ2n) is 6.30. The van der Waals surface area contributed by atoms with E-state index in [2.05, 4.69) is 10.6 Å². The molecule has 0 fully saturated rings. The molecule has 0 radical (unpaired) electrons. The van der Waals surface area contributed by atoms with Crippen LogP contribution in [0.15, 0.2) is 36.4 Å². The monoisotopic (exact) mass is 362 g/mol. The fraction of sp³-hybridized carbons (Fsp3) is 0.263. The maximum atomic E-state index is 13.2. The smallest absolute Gasteiger partial charge is 0.279 e. The summed E-state index contributed by atoms with van der Waals surface area (Å²) in [4.78, 5) is 24.8. The van der Waals surface area contributed by atoms with Gasteiger partial charge in [-0.3, -0.25) is 9.59 Å². The van der Waals surface area contributed by atoms with Crippen molar-refractivity contribution in [2.75, 3.05) is 30.8 Å². The van der Waals surface area contributed by atoms with E-state index in [0.717, 1.165) is 28.9 Å². The van der Waals surface area contributed by atoms with E-state index in [1.807, 2.05) is 32.0 Å². The van der Waals surface area contributed by atoms with Crippen LogP contribution in [0.5, 0.6) is 0 Å². The Balaban J connectivity index is 1.87. The highest BCUT2D eigenvalue weighted by molar-refractivity contribution is 5.94. The number of anilines is 2. The first-order chi connectivity index (χ1) is 12.3. The number of halogens is 2. The van der Waals surface area contributed by atoms with Crippen LogP contribution < -0.4 is 15.5 Å². The van der Waals surface area contributed by atoms with Gasteiger partial charge in [0, 0.05) is 17.4 Å². The number of nitrogens with one attached hydrogen (secondary N) is 3. The Morgan fingerprint density at radius 2 is 1.50 bits per heavy atom. The third kappa shape index (κ3) is 5.35. The van der Waals surface area contributed by atoms with Crippen molar-refractivity contribution < 1.29 is 23.3 Å². The lowest BCUT2D eigenvalue weighted by Crippen LogP contribution is -3.11. The van der Waals surface area contributed by atoms with Gasteiger partial charge in [-0.15, -0.1) is 0 Å². The normalized spacial score (nSPS) is 11.7. The first kappa shape index (κ1) is 19.5. The minimum atomic E-state index is -1.03. The molecule has 1 atom stereocenters. The molecular formula is C19H22F2N3O2+. The van der Waals surface area contributed by atoms with Crippen LogP contribution in [0.3, 0.4) is 0 Å². The minimum absolute atomic E-state index is 0.0131. The van der Waals surface area contributed by atoms with Gasteiger partial charge in [0.25, 0.3) is 11.8 Å². The van der Waals surface area contributed by atoms with Crippen LogP contribution in [0.1, 0.15) is 11.1 Å². The summed E-state index contributed by atoms with van der Waals surface area (Å²) >= 11 is 0. The van der Waals surface area contributed by atoms with E-state index in [0.29, 0.717) is 4.90 Å². The van der Waals surface area contributed by atoms with Crippen LogP contribution in [0.2, 0.25) is 0 Å². The number of carbonyl (C=O) groups excluding carboxylic acids is 2. The number of likely N-dealkylation sites (N-methyl/N-ethyl adjacent to an activating group) is 1. The lowest BCUT2D eigenvalue weighted by Gasteiger charge is -2.15. The third-order valence-corrected chi connectivity index (χ3v) is 3.87. The highest BCUT2D eigenvalue weighted by atomic mass is 19.2. The summed E-state index contributed by atoms with van der Waals surface area (Å²) in [7, 11) is 1.70. The molecule has 0 spiro atoms. The van der Waals surface area contributed by atoms with Crippen molar-refractivity contribution in [3.05, 3.63) is 59.2 Å². The zero-order valence-corrected chi connectivity index (χ0v) is 15.0. The molecule has 138 valence electrons. The summed E-state index contributed by atoms with van der Waals surface area (Å²) in [5, 5.41) is 5.35. The van der Waals surface area contributed by atoms with Crippen molar-refractivity contribution >= 4 is 23.2 Å². The van der Waals surface area contributed by atoms with E-state index in [9.17, 15) is 18.4 Å². The summed E-state index contributed by atoms with van der Waals surface area (Å²) in [6.07, 6.45) is 0. The van der Waals surface area contributed by atoms with Crippen molar-refractivity contribution in [1.82, 2.24) is 0 Å². The number of benzene rings is 2. The van der Waals surface area contributed by atoms with Crippen molar-refractivity contribution in [2.45, 2.75) is 13.8 Å². The van der Waals surface area contributed by atoms with Gasteiger partial charge in [0.05, 0.1) is 7.05 Å². The van der Waals surface area contributed by atoms with Crippen LogP contribution in [0, 0.1) is 25.5 Å². The summed E-state index contributed by atoms with van der Waals surface area (Å²) in [6, 6.07) is 8.87. The van der Waals surface area contributed by atoms with Crippen molar-refractivity contribution in [3.8, 4) is 0 Å². The summed E-state index contributed by atoms with van der Waals surface area (Å²) < 4.78 is 26.0. The molecule has 2 amide bonds. The number of hydrogen-bond acceptors (Lipinski definition) is 2. The van der Waals surface area contributed by atoms with Gasteiger partial charge in [-0.2, -0.15) is 0 Å². The Hall–Kier alpha value is -2.80. The summed E-state index contributed by atoms with van der Waals surface area (Å²) in [5.74, 6) is -2.61. The predicted molar refractivity (Wildman–Crippen MR) is 96.2 cm³/mol. The van der Waals surface area contributed by atoms with Gasteiger partial charge in [-0.05, 0) is 37.1 Å². The highest BCUT2D eigenvalue weighted by Gasteiger charge is 2.16. The lowest BCUT2D eigenvalue weighted by atomic mass is 10.1. The number of hydrogen-bond donors (Lipinski definition) is 3. The van der Waals surface area contributed by atoms with E-state index >= 15 is 0 Å². The number of aryl methyl sites for hydroxylation is 2. The van der Waals surface area contributed by atoms with E-state index in [1.165, 1.54) is 6.07 Å². The zero-order chi connectivity index (χ0) is 19.3. The lowest BCUT2D eigenvalue weighted by molar-refractivity contribution is -0.862. The summed E-state index contributed by atoms with van der Waals surface area (Å²) in [6.45, 7) is 3.93. The molecule has 26 heavy (non-hydrogen) atoms. The molecule has 0 aliphatic heterocycles. The van der Waals surface area contributed by atoms with Gasteiger partial charge in [0.2, 0.25) is 0 Å². The van der Waals surface area contributed by atoms with E-state index in [-0.39, 0.29) is 24.7 Å². The molecule has 5 nitrogen and oxygen atoms in total. The Kier molecular flexibility index (Phi) is 6.41. The van der Waals surface area contributed by atoms with Crippen molar-refractivity contribution in [1.29, 1.82) is 0 Å². The van der Waals surface area contributed by atoms with Crippen LogP contribution >= 0.6 is 0 Å². The standard InChI is InChI=1S/C19H21F2N3O2/c1-12-5-4-6-13(2)19(12)23-18(26)11-24(3)10-17(25)22-14-7-8-15(20)16(21)9-14/h4-9H,10-11H2,1-3H3,(H,22,25)(H,23,26)/p+1. The Morgan fingerprint density at radius 3 is 2.08 bits per heavy atom. The van der Waals surface area contributed by atoms with Gasteiger partial charge in [0.1, 0.15) is 0 Å². The van der Waals surface area contributed by atoms with Gasteiger partial charge in [-0.25, -0.2) is 8.78 Å². The zero-order valence-electron chi connectivity index (χ0n) is 15.0. The average Bonchev–Trinajstić information content (AvgIpc) is 2.54. The number of quaternary nitrogens is 1. The maximum absolute atomic E-state index is 13.2. The molecule has 2 aromatic carbocycles. The predicted octanol–water partition coefficient (Wildman–Crippen LogP) is 1.67. The topological polar surface area (TPSA) is 62.6 Å². The molecule has 0 aliphatic rings. The number of carbonyl (C=O) groups is 2. The fourth-order valence-electron chi connectivity index (χ4n) is 2.58. The molecule has 3 N–H and O–H groups in total. The maximum Gasteiger partial charge on any atom is 0.279 e. The molecule has 0 aliphatic carbocycles. The minimum Gasteiger partial charge on any atom is -0.322 e. The second kappa shape index (κ2) is 8.53. The van der Waals surface area contributed by atoms with Crippen LogP contribution in [0.25, 0.3) is 0 Å². The SMILES string of the molecule is Cc1cccc(C)c1NC(=O)C[NH+](C)CC(=O)Nc1ccc(F)c(F)c1. The Labute approximate surface area is 151 Å². The highest BCUT2D eigenvalue weighted by Crippen LogP contribution is 2.18. The first-order valence-corrected chi connectivity index (χ1v) is 8.18. The summed E-state index contributed by atoms with van der Waals surface area (Å²) in [5.41, 5.74) is 2.87. The second-order valence-corrected chi connectivity index (χ2v) is 6.30. The molecule has 0 saturated carbocycles. The van der Waals surface area contributed by atoms with Crippen molar-refractivity contribution in [3.63, 3.8) is 0 Å². The van der Waals surface area contributed by atoms with Crippen LogP contribution in [-0.2, 0) is 9.59 Å². The molecule has 2 rings (SSSR count). The molecule has 1 unspecified atom stereocenters. The number of para-hydroxylation sites is 1. The molecule has 2 aromatic rings. The van der Waals surface area contributed by atoms with Crippen LogP contribution in [-0.4, -0.2) is 32.0 Å².